The second-order valence-corrected chi connectivity index (χ2v) is 5.47. The van der Waals surface area contributed by atoms with E-state index in [0.717, 1.165) is 16.8 Å². The first-order valence-corrected chi connectivity index (χ1v) is 7.09. The van der Waals surface area contributed by atoms with Gasteiger partial charge >= 0.3 is 0 Å². The molecule has 0 saturated carbocycles. The molecule has 0 radical (unpaired) electrons. The van der Waals surface area contributed by atoms with Gasteiger partial charge in [0.1, 0.15) is 0 Å². The Bertz CT molecular complexity index is 716. The number of benzene rings is 2. The van der Waals surface area contributed by atoms with Gasteiger partial charge in [-0.1, -0.05) is 29.8 Å². The van der Waals surface area contributed by atoms with E-state index in [4.69, 9.17) is 0 Å². The lowest BCUT2D eigenvalue weighted by Crippen LogP contribution is -2.38. The highest BCUT2D eigenvalue weighted by Gasteiger charge is 2.28. The average molecular weight is 279 g/mol. The van der Waals surface area contributed by atoms with Gasteiger partial charge in [-0.2, -0.15) is 0 Å². The lowest BCUT2D eigenvalue weighted by atomic mass is 9.96. The van der Waals surface area contributed by atoms with Crippen molar-refractivity contribution in [2.75, 3.05) is 11.4 Å². The molecule has 1 aliphatic rings. The SMILES string of the molecule is Cc1ccc(C(=O)N2CCC(=O)c3cccc(C)c32)cc1. The molecule has 0 unspecified atom stereocenters. The molecule has 2 aromatic rings. The zero-order chi connectivity index (χ0) is 15.0. The molecule has 0 bridgehead atoms. The highest BCUT2D eigenvalue weighted by Crippen LogP contribution is 2.31. The van der Waals surface area contributed by atoms with E-state index in [1.165, 1.54) is 0 Å². The van der Waals surface area contributed by atoms with Gasteiger partial charge in [-0.15, -0.1) is 0 Å². The minimum absolute atomic E-state index is 0.0435. The number of rotatable bonds is 1. The molecule has 0 spiro atoms. The normalized spacial score (nSPS) is 14.0. The Morgan fingerprint density at radius 2 is 1.76 bits per heavy atom. The third kappa shape index (κ3) is 2.35. The lowest BCUT2D eigenvalue weighted by Gasteiger charge is -2.30. The summed E-state index contributed by atoms with van der Waals surface area (Å²) < 4.78 is 0. The number of hydrogen-bond acceptors (Lipinski definition) is 2. The summed E-state index contributed by atoms with van der Waals surface area (Å²) in [5.74, 6) is 0.0692. The van der Waals surface area contributed by atoms with E-state index in [0.29, 0.717) is 24.1 Å². The number of anilines is 1. The summed E-state index contributed by atoms with van der Waals surface area (Å²) in [5, 5.41) is 0. The largest absolute Gasteiger partial charge is 0.307 e. The van der Waals surface area contributed by atoms with Crippen molar-refractivity contribution in [2.24, 2.45) is 0 Å². The molecule has 3 rings (SSSR count). The van der Waals surface area contributed by atoms with Gasteiger partial charge in [0.25, 0.3) is 5.91 Å². The fourth-order valence-electron chi connectivity index (χ4n) is 2.76. The molecular weight excluding hydrogens is 262 g/mol. The highest BCUT2D eigenvalue weighted by molar-refractivity contribution is 6.13. The second kappa shape index (κ2) is 5.17. The number of carbonyl (C=O) groups is 2. The monoisotopic (exact) mass is 279 g/mol. The summed E-state index contributed by atoms with van der Waals surface area (Å²) >= 11 is 0. The van der Waals surface area contributed by atoms with E-state index >= 15 is 0 Å². The summed E-state index contributed by atoms with van der Waals surface area (Å²) in [7, 11) is 0. The first-order chi connectivity index (χ1) is 10.1. The molecule has 106 valence electrons. The van der Waals surface area contributed by atoms with Crippen LogP contribution in [0.4, 0.5) is 5.69 Å². The van der Waals surface area contributed by atoms with Crippen LogP contribution in [-0.2, 0) is 0 Å². The van der Waals surface area contributed by atoms with Crippen LogP contribution in [-0.4, -0.2) is 18.2 Å². The van der Waals surface area contributed by atoms with Crippen molar-refractivity contribution in [3.63, 3.8) is 0 Å². The number of fused-ring (bicyclic) bond motifs is 1. The van der Waals surface area contributed by atoms with Crippen LogP contribution in [0, 0.1) is 13.8 Å². The number of para-hydroxylation sites is 1. The van der Waals surface area contributed by atoms with Gasteiger partial charge in [-0.05, 0) is 37.6 Å². The van der Waals surface area contributed by atoms with Crippen LogP contribution >= 0.6 is 0 Å². The second-order valence-electron chi connectivity index (χ2n) is 5.47. The Morgan fingerprint density at radius 3 is 2.48 bits per heavy atom. The zero-order valence-corrected chi connectivity index (χ0v) is 12.2. The summed E-state index contributed by atoms with van der Waals surface area (Å²) in [4.78, 5) is 26.5. The molecule has 0 fully saturated rings. The van der Waals surface area contributed by atoms with Crippen LogP contribution in [0.25, 0.3) is 0 Å². The Hall–Kier alpha value is -2.42. The lowest BCUT2D eigenvalue weighted by molar-refractivity contribution is 0.0955. The van der Waals surface area contributed by atoms with Crippen molar-refractivity contribution in [3.8, 4) is 0 Å². The molecule has 0 saturated heterocycles. The Kier molecular flexibility index (Phi) is 3.34. The van der Waals surface area contributed by atoms with E-state index in [1.807, 2.05) is 50.2 Å². The van der Waals surface area contributed by atoms with Gasteiger partial charge in [0.15, 0.2) is 5.78 Å². The van der Waals surface area contributed by atoms with Crippen LogP contribution in [0.15, 0.2) is 42.5 Å². The number of ketones is 1. The van der Waals surface area contributed by atoms with Crippen LogP contribution in [0.5, 0.6) is 0 Å². The standard InChI is InChI=1S/C18H17NO2/c1-12-6-8-14(9-7-12)18(21)19-11-10-16(20)15-5-3-4-13(2)17(15)19/h3-9H,10-11H2,1-2H3. The predicted octanol–water partition coefficient (Wildman–Crippen LogP) is 3.54. The van der Waals surface area contributed by atoms with Crippen LogP contribution < -0.4 is 4.90 Å². The Balaban J connectivity index is 2.05. The molecule has 21 heavy (non-hydrogen) atoms. The molecule has 1 amide bonds. The molecule has 2 aromatic carbocycles. The van der Waals surface area contributed by atoms with Crippen molar-refractivity contribution in [1.29, 1.82) is 0 Å². The van der Waals surface area contributed by atoms with Gasteiger partial charge in [0, 0.05) is 24.1 Å². The third-order valence-corrected chi connectivity index (χ3v) is 3.91. The zero-order valence-electron chi connectivity index (χ0n) is 12.2. The van der Waals surface area contributed by atoms with E-state index in [-0.39, 0.29) is 11.7 Å². The van der Waals surface area contributed by atoms with E-state index in [9.17, 15) is 9.59 Å². The Morgan fingerprint density at radius 1 is 1.05 bits per heavy atom. The highest BCUT2D eigenvalue weighted by atomic mass is 16.2. The van der Waals surface area contributed by atoms with Crippen molar-refractivity contribution >= 4 is 17.4 Å². The molecule has 1 heterocycles. The van der Waals surface area contributed by atoms with Gasteiger partial charge in [0.05, 0.1) is 5.69 Å². The third-order valence-electron chi connectivity index (χ3n) is 3.91. The smallest absolute Gasteiger partial charge is 0.258 e. The number of nitrogens with zero attached hydrogens (tertiary/aromatic N) is 1. The molecule has 1 aliphatic heterocycles. The molecular formula is C18H17NO2. The maximum absolute atomic E-state index is 12.7. The average Bonchev–Trinajstić information content (AvgIpc) is 2.49. The molecule has 3 nitrogen and oxygen atoms in total. The van der Waals surface area contributed by atoms with Crippen molar-refractivity contribution in [2.45, 2.75) is 20.3 Å². The predicted molar refractivity (Wildman–Crippen MR) is 83.0 cm³/mol. The van der Waals surface area contributed by atoms with Crippen LogP contribution in [0.3, 0.4) is 0 Å². The molecule has 0 N–H and O–H groups in total. The fourth-order valence-corrected chi connectivity index (χ4v) is 2.76. The number of amides is 1. The van der Waals surface area contributed by atoms with Crippen molar-refractivity contribution < 1.29 is 9.59 Å². The van der Waals surface area contributed by atoms with Gasteiger partial charge in [-0.25, -0.2) is 0 Å². The summed E-state index contributed by atoms with van der Waals surface area (Å²) in [6.45, 7) is 4.38. The number of Topliss-reactive ketones (excluding diaryl/α,β-unsaturated/α-hetero) is 1. The topological polar surface area (TPSA) is 37.4 Å². The molecule has 3 heteroatoms. The van der Waals surface area contributed by atoms with Gasteiger partial charge < -0.3 is 4.90 Å². The maximum atomic E-state index is 12.7. The minimum Gasteiger partial charge on any atom is -0.307 e. The number of hydrogen-bond donors (Lipinski definition) is 0. The van der Waals surface area contributed by atoms with E-state index in [2.05, 4.69) is 0 Å². The minimum atomic E-state index is -0.0435. The summed E-state index contributed by atoms with van der Waals surface area (Å²) in [5.41, 5.74) is 4.16. The molecule has 0 atom stereocenters. The first-order valence-electron chi connectivity index (χ1n) is 7.09. The quantitative estimate of drug-likeness (QED) is 0.800. The van der Waals surface area contributed by atoms with Crippen molar-refractivity contribution in [1.82, 2.24) is 0 Å². The van der Waals surface area contributed by atoms with Gasteiger partial charge in [-0.3, -0.25) is 9.59 Å². The fraction of sp³-hybridized carbons (Fsp3) is 0.222. The number of aryl methyl sites for hydroxylation is 2. The molecule has 0 aliphatic carbocycles. The summed E-state index contributed by atoms with van der Waals surface area (Å²) in [6.07, 6.45) is 0.383. The summed E-state index contributed by atoms with van der Waals surface area (Å²) in [6, 6.07) is 13.2. The first kappa shape index (κ1) is 13.6. The van der Waals surface area contributed by atoms with Crippen molar-refractivity contribution in [3.05, 3.63) is 64.7 Å². The maximum Gasteiger partial charge on any atom is 0.258 e. The Labute approximate surface area is 124 Å². The van der Waals surface area contributed by atoms with E-state index in [1.54, 1.807) is 11.0 Å². The van der Waals surface area contributed by atoms with Crippen LogP contribution in [0.1, 0.15) is 38.3 Å². The number of carbonyl (C=O) groups excluding carboxylic acids is 2. The van der Waals surface area contributed by atoms with Gasteiger partial charge in [0.2, 0.25) is 0 Å². The molecule has 0 aromatic heterocycles. The van der Waals surface area contributed by atoms with E-state index < -0.39 is 0 Å². The van der Waals surface area contributed by atoms with Crippen LogP contribution in [0.2, 0.25) is 0 Å².